The zero-order chi connectivity index (χ0) is 37.5. The van der Waals surface area contributed by atoms with E-state index in [-0.39, 0.29) is 5.41 Å². The molecule has 57 heavy (non-hydrogen) atoms. The van der Waals surface area contributed by atoms with Crippen LogP contribution in [0.4, 0.5) is 0 Å². The Labute approximate surface area is 327 Å². The maximum Gasteiger partial charge on any atom is 0.135 e. The first-order valence-electron chi connectivity index (χ1n) is 19.7. The summed E-state index contributed by atoms with van der Waals surface area (Å²) in [5.74, 6) is 0. The fraction of sp³-hybridized carbons (Fsp3) is 0.0943. The molecule has 0 aliphatic carbocycles. The zero-order valence-electron chi connectivity index (χ0n) is 31.1. The third-order valence-electron chi connectivity index (χ3n) is 12.1. The quantitative estimate of drug-likeness (QED) is 0.156. The first kappa shape index (κ1) is 32.2. The normalized spacial score (nSPS) is 12.5. The molecule has 4 nitrogen and oxygen atoms in total. The zero-order valence-corrected chi connectivity index (χ0v) is 31.1. The number of furan rings is 4. The Bertz CT molecular complexity index is 3030. The van der Waals surface area contributed by atoms with E-state index in [9.17, 15) is 0 Å². The van der Waals surface area contributed by atoms with E-state index in [2.05, 4.69) is 146 Å². The highest BCUT2D eigenvalue weighted by molar-refractivity contribution is 6.07. The third-order valence-corrected chi connectivity index (χ3v) is 12.1. The lowest BCUT2D eigenvalue weighted by atomic mass is 9.68. The van der Waals surface area contributed by atoms with Crippen LogP contribution in [-0.4, -0.2) is 0 Å². The lowest BCUT2D eigenvalue weighted by Crippen LogP contribution is -2.32. The van der Waals surface area contributed by atoms with Crippen molar-refractivity contribution in [3.05, 3.63) is 192 Å². The molecule has 272 valence electrons. The van der Waals surface area contributed by atoms with Gasteiger partial charge < -0.3 is 17.7 Å². The molecule has 8 aromatic carbocycles. The van der Waals surface area contributed by atoms with E-state index in [1.807, 2.05) is 24.3 Å². The lowest BCUT2D eigenvalue weighted by molar-refractivity contribution is 0.275. The van der Waals surface area contributed by atoms with Crippen molar-refractivity contribution in [3.63, 3.8) is 0 Å². The molecule has 0 amide bonds. The summed E-state index contributed by atoms with van der Waals surface area (Å²) in [6.45, 7) is 0. The molecule has 0 aliphatic heterocycles. The summed E-state index contributed by atoms with van der Waals surface area (Å²) in [6, 6.07) is 60.6. The number of fused-ring (bicyclic) bond motifs is 12. The highest BCUT2D eigenvalue weighted by Gasteiger charge is 2.33. The summed E-state index contributed by atoms with van der Waals surface area (Å²) in [5, 5.41) is 9.20. The molecule has 12 aromatic rings. The molecule has 0 atom stereocenters. The second kappa shape index (κ2) is 12.5. The number of para-hydroxylation sites is 4. The van der Waals surface area contributed by atoms with E-state index in [0.29, 0.717) is 0 Å². The van der Waals surface area contributed by atoms with E-state index in [4.69, 9.17) is 17.7 Å². The molecule has 0 saturated carbocycles. The highest BCUT2D eigenvalue weighted by Crippen LogP contribution is 2.42. The second-order valence-corrected chi connectivity index (χ2v) is 15.9. The summed E-state index contributed by atoms with van der Waals surface area (Å²) >= 11 is 0. The molecule has 0 unspecified atom stereocenters. The molecular formula is C53H36O4. The Morgan fingerprint density at radius 1 is 0.246 bits per heavy atom. The maximum absolute atomic E-state index is 6.30. The molecule has 0 radical (unpaired) electrons. The molecule has 4 heterocycles. The van der Waals surface area contributed by atoms with Crippen LogP contribution < -0.4 is 0 Å². The summed E-state index contributed by atoms with van der Waals surface area (Å²) in [6.07, 6.45) is 3.39. The molecule has 0 fully saturated rings. The standard InChI is InChI=1S/C53H36O4/c1-5-13-45-37(9-1)41-25-33(17-21-49(41)54-45)29-53(30-34-18-22-50-42(26-34)38-10-2-6-14-46(38)55-50,31-35-19-23-51-43(27-35)39-11-3-7-15-47(39)56-51)32-36-20-24-52-44(28-36)40-12-4-8-16-48(40)57-52/h1-28H,29-32H2. The van der Waals surface area contributed by atoms with Crippen molar-refractivity contribution in [2.45, 2.75) is 25.7 Å². The first-order chi connectivity index (χ1) is 28.1. The monoisotopic (exact) mass is 736 g/mol. The summed E-state index contributed by atoms with van der Waals surface area (Å²) in [5.41, 5.74) is 12.2. The van der Waals surface area contributed by atoms with Crippen molar-refractivity contribution in [2.75, 3.05) is 0 Å². The molecule has 0 N–H and O–H groups in total. The maximum atomic E-state index is 6.30. The van der Waals surface area contributed by atoms with Gasteiger partial charge in [0.05, 0.1) is 0 Å². The molecule has 12 rings (SSSR count). The largest absolute Gasteiger partial charge is 0.456 e. The highest BCUT2D eigenvalue weighted by atomic mass is 16.3. The smallest absolute Gasteiger partial charge is 0.135 e. The predicted octanol–water partition coefficient (Wildman–Crippen LogP) is 14.5. The third kappa shape index (κ3) is 5.43. The number of hydrogen-bond donors (Lipinski definition) is 0. The van der Waals surface area contributed by atoms with Gasteiger partial charge in [-0.05, 0) is 126 Å². The van der Waals surface area contributed by atoms with Crippen molar-refractivity contribution in [2.24, 2.45) is 5.41 Å². The van der Waals surface area contributed by atoms with Gasteiger partial charge in [-0.1, -0.05) is 97.1 Å². The second-order valence-electron chi connectivity index (χ2n) is 15.9. The predicted molar refractivity (Wildman–Crippen MR) is 232 cm³/mol. The number of hydrogen-bond acceptors (Lipinski definition) is 4. The van der Waals surface area contributed by atoms with Gasteiger partial charge in [-0.3, -0.25) is 0 Å². The van der Waals surface area contributed by atoms with Gasteiger partial charge in [-0.2, -0.15) is 0 Å². The number of benzene rings is 8. The van der Waals surface area contributed by atoms with E-state index in [1.54, 1.807) is 0 Å². The molecule has 0 bridgehead atoms. The molecule has 0 spiro atoms. The van der Waals surface area contributed by atoms with Crippen molar-refractivity contribution >= 4 is 87.8 Å². The van der Waals surface area contributed by atoms with Crippen LogP contribution in [0, 0.1) is 5.41 Å². The molecule has 4 heteroatoms. The van der Waals surface area contributed by atoms with Gasteiger partial charge in [0, 0.05) is 43.1 Å². The van der Waals surface area contributed by atoms with Crippen LogP contribution in [0.5, 0.6) is 0 Å². The van der Waals surface area contributed by atoms with Crippen LogP contribution in [0.1, 0.15) is 22.3 Å². The van der Waals surface area contributed by atoms with Crippen molar-refractivity contribution < 1.29 is 17.7 Å². The minimum absolute atomic E-state index is 0.249. The summed E-state index contributed by atoms with van der Waals surface area (Å²) in [7, 11) is 0. The Balaban J connectivity index is 1.06. The van der Waals surface area contributed by atoms with Gasteiger partial charge >= 0.3 is 0 Å². The van der Waals surface area contributed by atoms with Crippen LogP contribution >= 0.6 is 0 Å². The van der Waals surface area contributed by atoms with Crippen LogP contribution in [0.3, 0.4) is 0 Å². The molecule has 0 aliphatic rings. The molecular weight excluding hydrogens is 701 g/mol. The van der Waals surface area contributed by atoms with E-state index in [0.717, 1.165) is 113 Å². The minimum Gasteiger partial charge on any atom is -0.456 e. The van der Waals surface area contributed by atoms with Crippen molar-refractivity contribution in [1.82, 2.24) is 0 Å². The van der Waals surface area contributed by atoms with Gasteiger partial charge in [0.1, 0.15) is 44.7 Å². The van der Waals surface area contributed by atoms with Crippen LogP contribution in [0.25, 0.3) is 87.8 Å². The Morgan fingerprint density at radius 3 is 0.737 bits per heavy atom. The van der Waals surface area contributed by atoms with Gasteiger partial charge in [0.2, 0.25) is 0 Å². The lowest BCUT2D eigenvalue weighted by Gasteiger charge is -2.35. The van der Waals surface area contributed by atoms with Crippen molar-refractivity contribution in [1.29, 1.82) is 0 Å². The molecule has 0 saturated heterocycles. The Hall–Kier alpha value is -7.04. The van der Waals surface area contributed by atoms with E-state index < -0.39 is 0 Å². The minimum atomic E-state index is -0.249. The number of rotatable bonds is 8. The van der Waals surface area contributed by atoms with E-state index in [1.165, 1.54) is 22.3 Å². The SMILES string of the molecule is c1ccc2c(c1)oc1ccc(CC(Cc3ccc4oc5ccccc5c4c3)(Cc3ccc4oc5ccccc5c4c3)Cc3ccc4oc5ccccc5c4c3)cc12. The fourth-order valence-corrected chi connectivity index (χ4v) is 9.64. The van der Waals surface area contributed by atoms with Crippen LogP contribution in [-0.2, 0) is 25.7 Å². The first-order valence-corrected chi connectivity index (χ1v) is 19.7. The average Bonchev–Trinajstić information content (AvgIpc) is 4.01. The van der Waals surface area contributed by atoms with Gasteiger partial charge in [0.15, 0.2) is 0 Å². The Kier molecular flexibility index (Phi) is 7.06. The summed E-state index contributed by atoms with van der Waals surface area (Å²) < 4.78 is 25.2. The average molecular weight is 737 g/mol. The van der Waals surface area contributed by atoms with Gasteiger partial charge in [-0.25, -0.2) is 0 Å². The topological polar surface area (TPSA) is 52.6 Å². The van der Waals surface area contributed by atoms with Crippen LogP contribution in [0.15, 0.2) is 188 Å². The van der Waals surface area contributed by atoms with Gasteiger partial charge in [0.25, 0.3) is 0 Å². The fourth-order valence-electron chi connectivity index (χ4n) is 9.64. The van der Waals surface area contributed by atoms with Crippen molar-refractivity contribution in [3.8, 4) is 0 Å². The Morgan fingerprint density at radius 2 is 0.474 bits per heavy atom. The molecule has 4 aromatic heterocycles. The van der Waals surface area contributed by atoms with Crippen LogP contribution in [0.2, 0.25) is 0 Å². The van der Waals surface area contributed by atoms with Gasteiger partial charge in [-0.15, -0.1) is 0 Å². The summed E-state index contributed by atoms with van der Waals surface area (Å²) in [4.78, 5) is 0. The van der Waals surface area contributed by atoms with E-state index >= 15 is 0 Å².